The molecular formula is C38H53BrN4O8. The van der Waals surface area contributed by atoms with Gasteiger partial charge in [0.2, 0.25) is 17.7 Å². The van der Waals surface area contributed by atoms with Gasteiger partial charge in [0.1, 0.15) is 17.7 Å². The van der Waals surface area contributed by atoms with Gasteiger partial charge in [-0.15, -0.1) is 13.2 Å². The van der Waals surface area contributed by atoms with Gasteiger partial charge in [0.05, 0.1) is 37.7 Å². The number of ether oxygens (including phenoxy) is 3. The number of unbranched alkanes of at least 4 members (excludes halogenated alkanes) is 3. The minimum Gasteiger partial charge on any atom is -0.455 e. The number of likely N-dealkylation sites (tertiary alicyclic amines) is 1. The van der Waals surface area contributed by atoms with Gasteiger partial charge in [-0.25, -0.2) is 0 Å². The lowest BCUT2D eigenvalue weighted by atomic mass is 9.70. The minimum atomic E-state index is -1.22. The highest BCUT2D eigenvalue weighted by molar-refractivity contribution is 9.09. The molecule has 1 aromatic carbocycles. The quantitative estimate of drug-likeness (QED) is 0.0888. The number of morpholine rings is 1. The Balaban J connectivity index is 1.41. The molecule has 4 aliphatic heterocycles. The van der Waals surface area contributed by atoms with Crippen molar-refractivity contribution in [3.63, 3.8) is 0 Å². The molecule has 13 heteroatoms. The molecule has 1 unspecified atom stereocenters. The molecule has 2 N–H and O–H groups in total. The highest BCUT2D eigenvalue weighted by atomic mass is 79.9. The maximum absolute atomic E-state index is 14.7. The molecule has 4 heterocycles. The van der Waals surface area contributed by atoms with Crippen LogP contribution in [-0.4, -0.2) is 132 Å². The van der Waals surface area contributed by atoms with Crippen LogP contribution >= 0.6 is 15.9 Å². The number of allylic oxidation sites excluding steroid dienone is 1. The molecule has 4 aliphatic rings. The lowest BCUT2D eigenvalue weighted by Gasteiger charge is -2.38. The molecule has 0 saturated carbocycles. The number of esters is 1. The SMILES string of the molecule is C=CCCC(=O)NC[C@@H](OC(=O)[C@H]1[C@@H]2O[C@@]3(CC2Br)[C@@H]1C(=O)N(CCCCCCO)[C@@H]3C(=O)N(CC=C)CCN1CCOCC1)c1ccccc1. The van der Waals surface area contributed by atoms with Crippen LogP contribution in [0.5, 0.6) is 0 Å². The Hall–Kier alpha value is -3.10. The minimum absolute atomic E-state index is 0.0617. The van der Waals surface area contributed by atoms with E-state index < -0.39 is 41.7 Å². The lowest BCUT2D eigenvalue weighted by Crippen LogP contribution is -2.57. The van der Waals surface area contributed by atoms with Crippen LogP contribution in [0.4, 0.5) is 0 Å². The summed E-state index contributed by atoms with van der Waals surface area (Å²) in [5, 5.41) is 12.2. The molecule has 5 rings (SSSR count). The topological polar surface area (TPSA) is 138 Å². The van der Waals surface area contributed by atoms with E-state index in [4.69, 9.17) is 14.2 Å². The highest BCUT2D eigenvalue weighted by Gasteiger charge is 2.77. The molecule has 4 saturated heterocycles. The van der Waals surface area contributed by atoms with Gasteiger partial charge in [-0.3, -0.25) is 24.1 Å². The van der Waals surface area contributed by atoms with E-state index in [1.165, 1.54) is 0 Å². The molecule has 0 aliphatic carbocycles. The Kier molecular flexibility index (Phi) is 14.3. The van der Waals surface area contributed by atoms with Gasteiger partial charge in [0.15, 0.2) is 0 Å². The summed E-state index contributed by atoms with van der Waals surface area (Å²) in [5.74, 6) is -3.12. The van der Waals surface area contributed by atoms with Gasteiger partial charge in [-0.1, -0.05) is 71.3 Å². The number of nitrogens with zero attached hydrogens (tertiary/aromatic N) is 3. The fraction of sp³-hybridized carbons (Fsp3) is 0.632. The first-order valence-electron chi connectivity index (χ1n) is 18.3. The van der Waals surface area contributed by atoms with Crippen molar-refractivity contribution in [2.24, 2.45) is 11.8 Å². The first-order chi connectivity index (χ1) is 24.7. The number of nitrogens with one attached hydrogen (secondary N) is 1. The number of amides is 3. The average molecular weight is 774 g/mol. The van der Waals surface area contributed by atoms with Crippen LogP contribution in [0.1, 0.15) is 56.6 Å². The van der Waals surface area contributed by atoms with E-state index in [-0.39, 0.29) is 42.1 Å². The van der Waals surface area contributed by atoms with Gasteiger partial charge in [0.25, 0.3) is 0 Å². The molecule has 12 nitrogen and oxygen atoms in total. The van der Waals surface area contributed by atoms with Crippen LogP contribution in [0.25, 0.3) is 0 Å². The second-order valence-electron chi connectivity index (χ2n) is 13.8. The predicted molar refractivity (Wildman–Crippen MR) is 195 cm³/mol. The molecule has 4 fully saturated rings. The average Bonchev–Trinajstić information content (AvgIpc) is 3.74. The Morgan fingerprint density at radius 1 is 1.10 bits per heavy atom. The summed E-state index contributed by atoms with van der Waals surface area (Å²) in [7, 11) is 0. The third-order valence-electron chi connectivity index (χ3n) is 10.5. The first kappa shape index (κ1) is 39.1. The fourth-order valence-corrected chi connectivity index (χ4v) is 8.96. The number of carbonyl (C=O) groups excluding carboxylic acids is 4. The van der Waals surface area contributed by atoms with Crippen LogP contribution in [-0.2, 0) is 33.4 Å². The summed E-state index contributed by atoms with van der Waals surface area (Å²) in [5.41, 5.74) is -0.513. The predicted octanol–water partition coefficient (Wildman–Crippen LogP) is 3.00. The van der Waals surface area contributed by atoms with Crippen LogP contribution in [0.2, 0.25) is 0 Å². The molecule has 3 amide bonds. The molecule has 2 bridgehead atoms. The molecule has 0 aromatic heterocycles. The number of alkyl halides is 1. The molecule has 1 aromatic rings. The summed E-state index contributed by atoms with van der Waals surface area (Å²) < 4.78 is 18.4. The zero-order valence-electron chi connectivity index (χ0n) is 29.5. The van der Waals surface area contributed by atoms with Gasteiger partial charge in [0, 0.05) is 57.1 Å². The van der Waals surface area contributed by atoms with Crippen molar-refractivity contribution in [1.29, 1.82) is 0 Å². The second-order valence-corrected chi connectivity index (χ2v) is 15.0. The number of hydrogen-bond acceptors (Lipinski definition) is 9. The van der Waals surface area contributed by atoms with Crippen molar-refractivity contribution in [3.8, 4) is 0 Å². The van der Waals surface area contributed by atoms with Crippen molar-refractivity contribution >= 4 is 39.6 Å². The fourth-order valence-electron chi connectivity index (χ4n) is 8.02. The van der Waals surface area contributed by atoms with Crippen molar-refractivity contribution < 1.29 is 38.5 Å². The number of halogens is 1. The number of hydrogen-bond donors (Lipinski definition) is 2. The van der Waals surface area contributed by atoms with Crippen molar-refractivity contribution in [2.45, 2.75) is 73.6 Å². The number of carbonyl (C=O) groups is 4. The maximum atomic E-state index is 14.7. The monoisotopic (exact) mass is 772 g/mol. The Morgan fingerprint density at radius 2 is 1.84 bits per heavy atom. The van der Waals surface area contributed by atoms with Gasteiger partial charge >= 0.3 is 5.97 Å². The largest absolute Gasteiger partial charge is 0.455 e. The normalized spacial score (nSPS) is 27.5. The van der Waals surface area contributed by atoms with Crippen LogP contribution in [0.3, 0.4) is 0 Å². The van der Waals surface area contributed by atoms with Crippen LogP contribution < -0.4 is 5.32 Å². The molecule has 280 valence electrons. The zero-order valence-corrected chi connectivity index (χ0v) is 31.1. The van der Waals surface area contributed by atoms with E-state index in [9.17, 15) is 24.3 Å². The summed E-state index contributed by atoms with van der Waals surface area (Å²) in [6.07, 6.45) is 5.97. The number of benzene rings is 1. The lowest BCUT2D eigenvalue weighted by molar-refractivity contribution is -0.160. The van der Waals surface area contributed by atoms with Gasteiger partial charge in [-0.2, -0.15) is 0 Å². The van der Waals surface area contributed by atoms with E-state index in [0.29, 0.717) is 70.6 Å². The number of aliphatic hydroxyl groups excluding tert-OH is 1. The van der Waals surface area contributed by atoms with Gasteiger partial charge < -0.3 is 34.4 Å². The Labute approximate surface area is 309 Å². The van der Waals surface area contributed by atoms with Crippen LogP contribution in [0.15, 0.2) is 55.6 Å². The number of aliphatic hydroxyl groups is 1. The third-order valence-corrected chi connectivity index (χ3v) is 11.4. The molecule has 7 atom stereocenters. The summed E-state index contributed by atoms with van der Waals surface area (Å²) in [6, 6.07) is 8.27. The van der Waals surface area contributed by atoms with Crippen molar-refractivity contribution in [2.75, 3.05) is 65.6 Å². The second kappa shape index (κ2) is 18.6. The van der Waals surface area contributed by atoms with E-state index in [1.807, 2.05) is 30.3 Å². The summed E-state index contributed by atoms with van der Waals surface area (Å²) in [6.45, 7) is 12.4. The third kappa shape index (κ3) is 8.93. The summed E-state index contributed by atoms with van der Waals surface area (Å²) in [4.78, 5) is 61.5. The van der Waals surface area contributed by atoms with E-state index >= 15 is 0 Å². The van der Waals surface area contributed by atoms with Crippen LogP contribution in [0, 0.1) is 11.8 Å². The van der Waals surface area contributed by atoms with E-state index in [2.05, 4.69) is 39.3 Å². The van der Waals surface area contributed by atoms with E-state index in [1.54, 1.807) is 22.0 Å². The maximum Gasteiger partial charge on any atom is 0.313 e. The molecule has 51 heavy (non-hydrogen) atoms. The Bertz CT molecular complexity index is 1380. The standard InChI is InChI=1S/C38H53BrN4O8/c1-3-5-15-30(45)40-26-29(27-13-9-8-10-14-27)50-37(48)31-32-35(46)43(17-11-6-7-12-22-44)34(38(32)25-28(39)33(31)51-38)36(47)42(16-4-2)19-18-41-20-23-49-24-21-41/h3-4,8-10,13-14,28-29,31-34,44H,1-2,5-7,11-12,15-26H2,(H,40,45)/t28?,29-,31-,32+,33-,34-,38+/m1/s1. The first-order valence-corrected chi connectivity index (χ1v) is 19.2. The zero-order chi connectivity index (χ0) is 36.4. The summed E-state index contributed by atoms with van der Waals surface area (Å²) >= 11 is 3.76. The van der Waals surface area contributed by atoms with Crippen molar-refractivity contribution in [1.82, 2.24) is 20.0 Å². The molecular weight excluding hydrogens is 720 g/mol. The number of rotatable bonds is 20. The van der Waals surface area contributed by atoms with Crippen molar-refractivity contribution in [3.05, 3.63) is 61.2 Å². The molecule has 0 radical (unpaired) electrons. The van der Waals surface area contributed by atoms with E-state index in [0.717, 1.165) is 25.9 Å². The number of fused-ring (bicyclic) bond motifs is 1. The van der Waals surface area contributed by atoms with Gasteiger partial charge in [-0.05, 0) is 31.2 Å². The smallest absolute Gasteiger partial charge is 0.313 e. The highest BCUT2D eigenvalue weighted by Crippen LogP contribution is 2.60. The Morgan fingerprint density at radius 3 is 2.55 bits per heavy atom. The molecule has 1 spiro atoms.